The van der Waals surface area contributed by atoms with Gasteiger partial charge in [-0.2, -0.15) is 5.10 Å². The van der Waals surface area contributed by atoms with Crippen molar-refractivity contribution in [2.45, 2.75) is 45.6 Å². The molecule has 0 amide bonds. The minimum absolute atomic E-state index is 0.518. The first-order valence-electron chi connectivity index (χ1n) is 5.70. The van der Waals surface area contributed by atoms with Crippen molar-refractivity contribution < 1.29 is 4.79 Å². The summed E-state index contributed by atoms with van der Waals surface area (Å²) in [7, 11) is 0. The number of aromatic nitrogens is 2. The molecule has 1 heterocycles. The van der Waals surface area contributed by atoms with Crippen LogP contribution in [-0.2, 0) is 17.8 Å². The smallest absolute Gasteiger partial charge is 0.124 e. The fourth-order valence-corrected chi connectivity index (χ4v) is 2.00. The molecule has 2 rings (SSSR count). The van der Waals surface area contributed by atoms with Crippen molar-refractivity contribution in [3.63, 3.8) is 0 Å². The molecule has 1 aromatic rings. The van der Waals surface area contributed by atoms with E-state index >= 15 is 0 Å². The molecule has 0 unspecified atom stereocenters. The Morgan fingerprint density at radius 3 is 2.87 bits per heavy atom. The van der Waals surface area contributed by atoms with Crippen LogP contribution < -0.4 is 0 Å². The summed E-state index contributed by atoms with van der Waals surface area (Å²) in [6.45, 7) is 5.35. The fraction of sp³-hybridized carbons (Fsp3) is 0.667. The second kappa shape index (κ2) is 4.17. The summed E-state index contributed by atoms with van der Waals surface area (Å²) in [6.07, 6.45) is 5.88. The molecule has 15 heavy (non-hydrogen) atoms. The molecule has 0 aliphatic heterocycles. The van der Waals surface area contributed by atoms with Gasteiger partial charge < -0.3 is 4.79 Å². The molecular weight excluding hydrogens is 188 g/mol. The van der Waals surface area contributed by atoms with Crippen LogP contribution in [0.25, 0.3) is 0 Å². The Kier molecular flexibility index (Phi) is 2.89. The van der Waals surface area contributed by atoms with Gasteiger partial charge in [-0.05, 0) is 18.8 Å². The molecule has 1 saturated carbocycles. The van der Waals surface area contributed by atoms with Crippen LogP contribution in [0.15, 0.2) is 6.20 Å². The number of carbonyl (C=O) groups is 1. The predicted molar refractivity (Wildman–Crippen MR) is 58.8 cm³/mol. The summed E-state index contributed by atoms with van der Waals surface area (Å²) in [4.78, 5) is 10.6. The first kappa shape index (κ1) is 10.4. The van der Waals surface area contributed by atoms with Gasteiger partial charge in [0, 0.05) is 30.1 Å². The Bertz CT molecular complexity index is 351. The van der Waals surface area contributed by atoms with Crippen molar-refractivity contribution >= 4 is 6.29 Å². The molecule has 0 bridgehead atoms. The van der Waals surface area contributed by atoms with E-state index in [1.807, 2.05) is 6.20 Å². The number of hydrogen-bond acceptors (Lipinski definition) is 2. The summed E-state index contributed by atoms with van der Waals surface area (Å²) in [5.41, 5.74) is 2.45. The molecule has 3 nitrogen and oxygen atoms in total. The van der Waals surface area contributed by atoms with Crippen LogP contribution in [-0.4, -0.2) is 16.1 Å². The van der Waals surface area contributed by atoms with Gasteiger partial charge in [0.2, 0.25) is 0 Å². The van der Waals surface area contributed by atoms with Crippen molar-refractivity contribution in [3.05, 3.63) is 17.5 Å². The first-order chi connectivity index (χ1) is 7.22. The lowest BCUT2D eigenvalue weighted by Gasteiger charge is -2.10. The Hall–Kier alpha value is -1.12. The van der Waals surface area contributed by atoms with E-state index in [1.54, 1.807) is 0 Å². The van der Waals surface area contributed by atoms with Crippen LogP contribution in [0.1, 0.15) is 43.9 Å². The zero-order valence-electron chi connectivity index (χ0n) is 9.44. The highest BCUT2D eigenvalue weighted by Crippen LogP contribution is 2.41. The van der Waals surface area contributed by atoms with Crippen LogP contribution in [0.5, 0.6) is 0 Å². The van der Waals surface area contributed by atoms with Crippen LogP contribution in [0.3, 0.4) is 0 Å². The lowest BCUT2D eigenvalue weighted by Crippen LogP contribution is -2.10. The molecule has 0 atom stereocenters. The highest BCUT2D eigenvalue weighted by molar-refractivity contribution is 5.55. The Balaban J connectivity index is 2.24. The van der Waals surface area contributed by atoms with Gasteiger partial charge in [-0.15, -0.1) is 0 Å². The molecule has 0 radical (unpaired) electrons. The number of hydrogen-bond donors (Lipinski definition) is 0. The van der Waals surface area contributed by atoms with Crippen molar-refractivity contribution in [2.75, 3.05) is 0 Å². The van der Waals surface area contributed by atoms with Crippen LogP contribution in [0, 0.1) is 5.92 Å². The first-order valence-corrected chi connectivity index (χ1v) is 5.70. The van der Waals surface area contributed by atoms with Crippen LogP contribution in [0.4, 0.5) is 0 Å². The largest absolute Gasteiger partial charge is 0.303 e. The minimum atomic E-state index is 0.518. The fourth-order valence-electron chi connectivity index (χ4n) is 2.00. The molecular formula is C12H18N2O. The molecule has 0 aromatic carbocycles. The summed E-state index contributed by atoms with van der Waals surface area (Å²) in [5.74, 6) is 1.27. The van der Waals surface area contributed by atoms with Crippen molar-refractivity contribution in [1.82, 2.24) is 9.78 Å². The maximum absolute atomic E-state index is 10.6. The van der Waals surface area contributed by atoms with Crippen molar-refractivity contribution in [3.8, 4) is 0 Å². The van der Waals surface area contributed by atoms with Gasteiger partial charge in [0.1, 0.15) is 6.29 Å². The lowest BCUT2D eigenvalue weighted by atomic mass is 10.1. The summed E-state index contributed by atoms with van der Waals surface area (Å²) >= 11 is 0. The summed E-state index contributed by atoms with van der Waals surface area (Å²) < 4.78 is 2.10. The molecule has 82 valence electrons. The second-order valence-electron chi connectivity index (χ2n) is 4.78. The van der Waals surface area contributed by atoms with Gasteiger partial charge in [-0.25, -0.2) is 0 Å². The van der Waals surface area contributed by atoms with Crippen LogP contribution >= 0.6 is 0 Å². The predicted octanol–water partition coefficient (Wildman–Crippen LogP) is 2.16. The van der Waals surface area contributed by atoms with Crippen LogP contribution in [0.2, 0.25) is 0 Å². The SMILES string of the molecule is CC(C)Cn1ncc(CC=O)c1C1CC1. The Morgan fingerprint density at radius 1 is 1.60 bits per heavy atom. The molecule has 0 saturated heterocycles. The van der Waals surface area contributed by atoms with E-state index in [1.165, 1.54) is 18.5 Å². The lowest BCUT2D eigenvalue weighted by molar-refractivity contribution is -0.107. The van der Waals surface area contributed by atoms with Gasteiger partial charge in [0.25, 0.3) is 0 Å². The van der Waals surface area contributed by atoms with E-state index in [2.05, 4.69) is 23.6 Å². The van der Waals surface area contributed by atoms with E-state index in [0.29, 0.717) is 18.3 Å². The third-order valence-corrected chi connectivity index (χ3v) is 2.77. The quantitative estimate of drug-likeness (QED) is 0.692. The molecule has 0 spiro atoms. The summed E-state index contributed by atoms with van der Waals surface area (Å²) in [5, 5.41) is 4.39. The van der Waals surface area contributed by atoms with E-state index in [0.717, 1.165) is 18.4 Å². The van der Waals surface area contributed by atoms with E-state index in [4.69, 9.17) is 0 Å². The maximum Gasteiger partial charge on any atom is 0.124 e. The van der Waals surface area contributed by atoms with Gasteiger partial charge in [0.05, 0.1) is 6.20 Å². The molecule has 0 N–H and O–H groups in total. The number of nitrogens with zero attached hydrogens (tertiary/aromatic N) is 2. The van der Waals surface area contributed by atoms with Gasteiger partial charge in [0.15, 0.2) is 0 Å². The van der Waals surface area contributed by atoms with Gasteiger partial charge in [-0.3, -0.25) is 4.68 Å². The topological polar surface area (TPSA) is 34.9 Å². The molecule has 1 aromatic heterocycles. The Labute approximate surface area is 90.5 Å². The van der Waals surface area contributed by atoms with Gasteiger partial charge >= 0.3 is 0 Å². The van der Waals surface area contributed by atoms with E-state index in [9.17, 15) is 4.79 Å². The second-order valence-corrected chi connectivity index (χ2v) is 4.78. The maximum atomic E-state index is 10.6. The highest BCUT2D eigenvalue weighted by Gasteiger charge is 2.29. The van der Waals surface area contributed by atoms with E-state index in [-0.39, 0.29) is 0 Å². The molecule has 3 heteroatoms. The van der Waals surface area contributed by atoms with Gasteiger partial charge in [-0.1, -0.05) is 13.8 Å². The highest BCUT2D eigenvalue weighted by atomic mass is 16.1. The van der Waals surface area contributed by atoms with E-state index < -0.39 is 0 Å². The zero-order valence-corrected chi connectivity index (χ0v) is 9.44. The average Bonchev–Trinajstić information content (AvgIpc) is 2.92. The molecule has 1 aliphatic rings. The normalized spacial score (nSPS) is 15.9. The summed E-state index contributed by atoms with van der Waals surface area (Å²) in [6, 6.07) is 0. The standard InChI is InChI=1S/C12H18N2O/c1-9(2)8-14-12(10-3-4-10)11(5-6-15)7-13-14/h6-7,9-10H,3-5,8H2,1-2H3. The average molecular weight is 206 g/mol. The third-order valence-electron chi connectivity index (χ3n) is 2.77. The third kappa shape index (κ3) is 2.28. The Morgan fingerprint density at radius 2 is 2.33 bits per heavy atom. The molecule has 1 aliphatic carbocycles. The molecule has 1 fully saturated rings. The zero-order chi connectivity index (χ0) is 10.8. The monoisotopic (exact) mass is 206 g/mol. The number of rotatable bonds is 5. The number of aldehydes is 1. The minimum Gasteiger partial charge on any atom is -0.303 e. The number of carbonyl (C=O) groups excluding carboxylic acids is 1. The van der Waals surface area contributed by atoms with Crippen molar-refractivity contribution in [1.29, 1.82) is 0 Å². The van der Waals surface area contributed by atoms with Crippen molar-refractivity contribution in [2.24, 2.45) is 5.92 Å².